The molecule has 0 aliphatic carbocycles. The van der Waals surface area contributed by atoms with Crippen LogP contribution >= 0.6 is 0 Å². The van der Waals surface area contributed by atoms with E-state index in [0.29, 0.717) is 0 Å². The third-order valence-corrected chi connectivity index (χ3v) is 18.2. The largest absolute Gasteiger partial charge is 0.405 e. The average molecular weight is 597 g/mol. The van der Waals surface area contributed by atoms with Gasteiger partial charge in [0, 0.05) is 0 Å². The predicted octanol–water partition coefficient (Wildman–Crippen LogP) is 5.07. The van der Waals surface area contributed by atoms with E-state index in [-0.39, 0.29) is 16.7 Å². The molecule has 220 valence electrons. The van der Waals surface area contributed by atoms with E-state index in [1.54, 1.807) is 0 Å². The van der Waals surface area contributed by atoms with E-state index >= 15 is 0 Å². The minimum absolute atomic E-state index is 0.0328. The smallest absolute Gasteiger partial charge is 0.262 e. The van der Waals surface area contributed by atoms with Crippen LogP contribution in [0.5, 0.6) is 0 Å². The fraction of sp³-hybridized carbons (Fsp3) is 0.306. The van der Waals surface area contributed by atoms with Crippen LogP contribution in [0.2, 0.25) is 10.1 Å². The molecule has 0 saturated carbocycles. The van der Waals surface area contributed by atoms with Gasteiger partial charge in [-0.15, -0.1) is 0 Å². The second-order valence-corrected chi connectivity index (χ2v) is 21.5. The lowest BCUT2D eigenvalue weighted by atomic mass is 10.2. The molecule has 0 bridgehead atoms. The maximum Gasteiger partial charge on any atom is 0.262 e. The molecule has 0 fully saturated rings. The molecule has 4 nitrogen and oxygen atoms in total. The molecule has 0 amide bonds. The van der Waals surface area contributed by atoms with Crippen molar-refractivity contribution in [1.82, 2.24) is 0 Å². The predicted molar refractivity (Wildman–Crippen MR) is 178 cm³/mol. The van der Waals surface area contributed by atoms with Crippen LogP contribution in [0.1, 0.15) is 41.5 Å². The van der Waals surface area contributed by atoms with Crippen molar-refractivity contribution in [3.05, 3.63) is 121 Å². The Morgan fingerprint density at radius 2 is 0.905 bits per heavy atom. The van der Waals surface area contributed by atoms with Crippen LogP contribution in [0.15, 0.2) is 121 Å². The molecule has 0 aliphatic rings. The van der Waals surface area contributed by atoms with Gasteiger partial charge in [0.15, 0.2) is 0 Å². The molecular formula is C36H44O4Si2. The third-order valence-electron chi connectivity index (χ3n) is 8.13. The van der Waals surface area contributed by atoms with E-state index in [0.717, 1.165) is 27.0 Å². The van der Waals surface area contributed by atoms with Gasteiger partial charge >= 0.3 is 0 Å². The standard InChI is InChI=1S/C36H44O4Si2/c1-35(2,3)41(29-19-11-7-12-20-29,30-21-13-8-14-22-30)39-28-33(38)34(27-37)40-42(36(4,5)6,31-23-15-9-16-24-31)32-25-17-10-18-26-32/h7-27,33-34,38H,28H2,1-6H3/t33-,34+/m0/s1. The number of hydrogen-bond acceptors (Lipinski definition) is 4. The van der Waals surface area contributed by atoms with E-state index in [1.165, 1.54) is 0 Å². The van der Waals surface area contributed by atoms with Crippen molar-refractivity contribution < 1.29 is 18.8 Å². The monoisotopic (exact) mass is 596 g/mol. The zero-order valence-corrected chi connectivity index (χ0v) is 27.7. The number of carbonyl (C=O) groups is 1. The van der Waals surface area contributed by atoms with E-state index < -0.39 is 28.8 Å². The van der Waals surface area contributed by atoms with Crippen molar-refractivity contribution in [2.75, 3.05) is 6.61 Å². The number of aliphatic hydroxyl groups is 1. The summed E-state index contributed by atoms with van der Waals surface area (Å²) in [6.45, 7) is 13.0. The van der Waals surface area contributed by atoms with Gasteiger partial charge in [-0.05, 0) is 30.8 Å². The molecule has 1 N–H and O–H groups in total. The fourth-order valence-corrected chi connectivity index (χ4v) is 15.4. The van der Waals surface area contributed by atoms with Crippen molar-refractivity contribution in [1.29, 1.82) is 0 Å². The summed E-state index contributed by atoms with van der Waals surface area (Å²) in [5, 5.41) is 15.5. The quantitative estimate of drug-likeness (QED) is 0.194. The van der Waals surface area contributed by atoms with Gasteiger partial charge in [-0.25, -0.2) is 0 Å². The molecule has 0 spiro atoms. The Morgan fingerprint density at radius 3 is 1.19 bits per heavy atom. The Morgan fingerprint density at radius 1 is 0.595 bits per heavy atom. The molecule has 0 radical (unpaired) electrons. The van der Waals surface area contributed by atoms with Crippen LogP contribution in [0.25, 0.3) is 0 Å². The van der Waals surface area contributed by atoms with E-state index in [9.17, 15) is 9.90 Å². The minimum atomic E-state index is -3.07. The lowest BCUT2D eigenvalue weighted by molar-refractivity contribution is -0.120. The van der Waals surface area contributed by atoms with Gasteiger partial charge in [-0.2, -0.15) is 0 Å². The highest BCUT2D eigenvalue weighted by molar-refractivity contribution is 7.00. The van der Waals surface area contributed by atoms with Gasteiger partial charge < -0.3 is 18.8 Å². The summed E-state index contributed by atoms with van der Waals surface area (Å²) in [5.41, 5.74) is 0. The first-order valence-electron chi connectivity index (χ1n) is 14.6. The number of rotatable bonds is 11. The third kappa shape index (κ3) is 6.14. The van der Waals surface area contributed by atoms with Gasteiger partial charge in [0.25, 0.3) is 16.6 Å². The molecule has 42 heavy (non-hydrogen) atoms. The second-order valence-electron chi connectivity index (χ2n) is 12.9. The summed E-state index contributed by atoms with van der Waals surface area (Å²) in [4.78, 5) is 12.8. The summed E-state index contributed by atoms with van der Waals surface area (Å²) in [5.74, 6) is 0. The number of benzene rings is 4. The molecule has 4 aromatic carbocycles. The molecule has 0 unspecified atom stereocenters. The lowest BCUT2D eigenvalue weighted by Crippen LogP contribution is -2.69. The van der Waals surface area contributed by atoms with Crippen LogP contribution < -0.4 is 20.7 Å². The maximum atomic E-state index is 12.8. The van der Waals surface area contributed by atoms with E-state index in [2.05, 4.69) is 90.1 Å². The minimum Gasteiger partial charge on any atom is -0.405 e. The normalized spacial score (nSPS) is 14.3. The fourth-order valence-electron chi connectivity index (χ4n) is 6.16. The second kappa shape index (κ2) is 13.0. The highest BCUT2D eigenvalue weighted by Gasteiger charge is 2.53. The Bertz CT molecular complexity index is 1320. The van der Waals surface area contributed by atoms with Crippen molar-refractivity contribution in [2.24, 2.45) is 0 Å². The summed E-state index contributed by atoms with van der Waals surface area (Å²) >= 11 is 0. The van der Waals surface area contributed by atoms with E-state index in [4.69, 9.17) is 8.85 Å². The summed E-state index contributed by atoms with van der Waals surface area (Å²) in [6, 6.07) is 40.9. The van der Waals surface area contributed by atoms with Crippen LogP contribution in [-0.2, 0) is 13.6 Å². The SMILES string of the molecule is CC(C)(C)[Si](OC[C@H](O)[C@@H](C=O)O[Si](c1ccccc1)(c1ccccc1)C(C)(C)C)(c1ccccc1)c1ccccc1. The average Bonchev–Trinajstić information content (AvgIpc) is 2.99. The van der Waals surface area contributed by atoms with Gasteiger partial charge in [-0.1, -0.05) is 163 Å². The zero-order valence-electron chi connectivity index (χ0n) is 25.7. The summed E-state index contributed by atoms with van der Waals surface area (Å²) < 4.78 is 14.0. The van der Waals surface area contributed by atoms with Gasteiger partial charge in [0.2, 0.25) is 0 Å². The van der Waals surface area contributed by atoms with E-state index in [1.807, 2.05) is 72.8 Å². The molecular weight excluding hydrogens is 553 g/mol. The maximum absolute atomic E-state index is 12.8. The first-order chi connectivity index (χ1) is 20.0. The highest BCUT2D eigenvalue weighted by Crippen LogP contribution is 2.39. The van der Waals surface area contributed by atoms with Gasteiger partial charge in [0.05, 0.1) is 6.61 Å². The summed E-state index contributed by atoms with van der Waals surface area (Å²) in [6.07, 6.45) is -1.49. The topological polar surface area (TPSA) is 55.8 Å². The van der Waals surface area contributed by atoms with Crippen LogP contribution in [0, 0.1) is 0 Å². The number of aliphatic hydroxyl groups excluding tert-OH is 1. The molecule has 0 heterocycles. The van der Waals surface area contributed by atoms with Crippen molar-refractivity contribution in [3.8, 4) is 0 Å². The van der Waals surface area contributed by atoms with Crippen LogP contribution in [0.4, 0.5) is 0 Å². The first kappa shape index (κ1) is 31.8. The van der Waals surface area contributed by atoms with Gasteiger partial charge in [-0.3, -0.25) is 0 Å². The highest BCUT2D eigenvalue weighted by atomic mass is 28.4. The van der Waals surface area contributed by atoms with Crippen molar-refractivity contribution in [2.45, 2.75) is 63.8 Å². The van der Waals surface area contributed by atoms with Crippen molar-refractivity contribution in [3.63, 3.8) is 0 Å². The first-order valence-corrected chi connectivity index (χ1v) is 18.5. The Kier molecular flexibility index (Phi) is 9.86. The number of hydrogen-bond donors (Lipinski definition) is 1. The molecule has 6 heteroatoms. The number of carbonyl (C=O) groups excluding carboxylic acids is 1. The molecule has 0 aromatic heterocycles. The summed E-state index contributed by atoms with van der Waals surface area (Å²) in [7, 11) is -5.99. The lowest BCUT2D eigenvalue weighted by Gasteiger charge is -2.46. The molecule has 4 rings (SSSR count). The van der Waals surface area contributed by atoms with Crippen LogP contribution in [0.3, 0.4) is 0 Å². The van der Waals surface area contributed by atoms with Crippen molar-refractivity contribution >= 4 is 43.7 Å². The Balaban J connectivity index is 1.76. The Labute approximate surface area is 253 Å². The van der Waals surface area contributed by atoms with Gasteiger partial charge in [0.1, 0.15) is 18.5 Å². The van der Waals surface area contributed by atoms with Crippen LogP contribution in [-0.4, -0.2) is 46.8 Å². The zero-order chi connectivity index (χ0) is 30.4. The number of aldehydes is 1. The molecule has 4 aromatic rings. The molecule has 0 saturated heterocycles. The molecule has 2 atom stereocenters. The molecule has 0 aliphatic heterocycles. The Hall–Kier alpha value is -3.14.